The Bertz CT molecular complexity index is 1060. The van der Waals surface area contributed by atoms with Crippen molar-refractivity contribution in [3.8, 4) is 11.5 Å². The number of carbonyl (C=O) groups is 1. The van der Waals surface area contributed by atoms with Crippen molar-refractivity contribution >= 4 is 29.1 Å². The van der Waals surface area contributed by atoms with Gasteiger partial charge in [-0.3, -0.25) is 10.1 Å². The van der Waals surface area contributed by atoms with Crippen molar-refractivity contribution in [2.75, 3.05) is 21.3 Å². The van der Waals surface area contributed by atoms with Gasteiger partial charge in [0.15, 0.2) is 11.5 Å². The fraction of sp³-hybridized carbons (Fsp3) is 0.269. The highest BCUT2D eigenvalue weighted by molar-refractivity contribution is 6.33. The first-order chi connectivity index (χ1) is 16.0. The van der Waals surface area contributed by atoms with E-state index in [1.54, 1.807) is 21.3 Å². The molecule has 1 amide bonds. The number of halogens is 2. The lowest BCUT2D eigenvalue weighted by atomic mass is 9.96. The van der Waals surface area contributed by atoms with E-state index in [0.717, 1.165) is 23.1 Å². The summed E-state index contributed by atoms with van der Waals surface area (Å²) in [6, 6.07) is 20.3. The van der Waals surface area contributed by atoms with Crippen molar-refractivity contribution in [3.63, 3.8) is 0 Å². The summed E-state index contributed by atoms with van der Waals surface area (Å²) in [5.41, 5.74) is 2.83. The number of rotatable bonds is 10. The number of amides is 1. The summed E-state index contributed by atoms with van der Waals surface area (Å²) in [6.07, 6.45) is 1.45. The van der Waals surface area contributed by atoms with Crippen LogP contribution in [-0.2, 0) is 11.2 Å². The fourth-order valence-corrected chi connectivity index (χ4v) is 4.27. The normalized spacial score (nSPS) is 12.6. The largest absolute Gasteiger partial charge is 0.493 e. The third-order valence-electron chi connectivity index (χ3n) is 5.53. The maximum absolute atomic E-state index is 12.8. The van der Waals surface area contributed by atoms with Gasteiger partial charge in [-0.05, 0) is 47.7 Å². The lowest BCUT2D eigenvalue weighted by Gasteiger charge is -2.27. The number of nitrogens with one attached hydrogen (secondary N) is 2. The van der Waals surface area contributed by atoms with Crippen LogP contribution in [0.3, 0.4) is 0 Å². The second-order valence-electron chi connectivity index (χ2n) is 7.55. The van der Waals surface area contributed by atoms with Crippen molar-refractivity contribution in [2.24, 2.45) is 0 Å². The molecule has 174 valence electrons. The minimum atomic E-state index is -0.560. The molecule has 2 atom stereocenters. The Balaban J connectivity index is 1.99. The first kappa shape index (κ1) is 24.9. The maximum atomic E-state index is 12.8. The van der Waals surface area contributed by atoms with E-state index in [1.807, 2.05) is 66.7 Å². The van der Waals surface area contributed by atoms with Crippen LogP contribution in [-0.4, -0.2) is 27.2 Å². The van der Waals surface area contributed by atoms with Gasteiger partial charge in [0.2, 0.25) is 5.91 Å². The standard InChI is InChI=1S/C26H28Cl2N2O3/c1-29-26(31)24(18-7-5-4-6-8-18)30-21(15-11-17-9-12-19(27)13-10-17)20-14-16-22(32-2)25(33-3)23(20)28/h4-10,12-14,16,21,24,30H,11,15H2,1-3H3,(H,29,31)/t21-,24-/m1/s1. The van der Waals surface area contributed by atoms with E-state index in [9.17, 15) is 4.79 Å². The Hall–Kier alpha value is -2.73. The average molecular weight is 487 g/mol. The number of benzene rings is 3. The van der Waals surface area contributed by atoms with Gasteiger partial charge in [0.25, 0.3) is 0 Å². The molecular formula is C26H28Cl2N2O3. The lowest BCUT2D eigenvalue weighted by Crippen LogP contribution is -2.38. The van der Waals surface area contributed by atoms with E-state index >= 15 is 0 Å². The van der Waals surface area contributed by atoms with Crippen LogP contribution >= 0.6 is 23.2 Å². The van der Waals surface area contributed by atoms with Crippen molar-refractivity contribution in [1.29, 1.82) is 0 Å². The monoisotopic (exact) mass is 486 g/mol. The molecule has 0 aliphatic heterocycles. The van der Waals surface area contributed by atoms with E-state index < -0.39 is 6.04 Å². The van der Waals surface area contributed by atoms with Crippen LogP contribution in [0, 0.1) is 0 Å². The second kappa shape index (κ2) is 11.9. The lowest BCUT2D eigenvalue weighted by molar-refractivity contribution is -0.123. The number of hydrogen-bond donors (Lipinski definition) is 2. The highest BCUT2D eigenvalue weighted by atomic mass is 35.5. The van der Waals surface area contributed by atoms with Crippen LogP contribution < -0.4 is 20.1 Å². The Morgan fingerprint density at radius 3 is 2.24 bits per heavy atom. The topological polar surface area (TPSA) is 59.6 Å². The van der Waals surface area contributed by atoms with Gasteiger partial charge in [-0.25, -0.2) is 0 Å². The molecule has 0 radical (unpaired) electrons. The molecule has 33 heavy (non-hydrogen) atoms. The molecule has 3 rings (SSSR count). The third-order valence-corrected chi connectivity index (χ3v) is 6.18. The molecule has 0 aliphatic carbocycles. The molecule has 0 saturated carbocycles. The molecule has 2 N–H and O–H groups in total. The zero-order chi connectivity index (χ0) is 23.8. The predicted molar refractivity (Wildman–Crippen MR) is 133 cm³/mol. The Labute approximate surface area is 205 Å². The molecule has 0 heterocycles. The van der Waals surface area contributed by atoms with E-state index in [1.165, 1.54) is 0 Å². The van der Waals surface area contributed by atoms with Gasteiger partial charge in [0.05, 0.1) is 19.2 Å². The molecule has 3 aromatic rings. The van der Waals surface area contributed by atoms with Crippen molar-refractivity contribution in [3.05, 3.63) is 93.5 Å². The van der Waals surface area contributed by atoms with Crippen LogP contribution in [0.4, 0.5) is 0 Å². The molecule has 0 unspecified atom stereocenters. The predicted octanol–water partition coefficient (Wildman–Crippen LogP) is 5.76. The molecule has 0 aromatic heterocycles. The van der Waals surface area contributed by atoms with Crippen molar-refractivity contribution in [2.45, 2.75) is 24.9 Å². The van der Waals surface area contributed by atoms with Gasteiger partial charge < -0.3 is 14.8 Å². The van der Waals surface area contributed by atoms with Crippen LogP contribution in [0.2, 0.25) is 10.0 Å². The number of ether oxygens (including phenoxy) is 2. The van der Waals surface area contributed by atoms with Crippen LogP contribution in [0.1, 0.15) is 35.2 Å². The summed E-state index contributed by atoms with van der Waals surface area (Å²) in [7, 11) is 4.76. The minimum Gasteiger partial charge on any atom is -0.493 e. The number of likely N-dealkylation sites (N-methyl/N-ethyl adjacent to an activating group) is 1. The zero-order valence-corrected chi connectivity index (χ0v) is 20.4. The number of carbonyl (C=O) groups excluding carboxylic acids is 1. The number of aryl methyl sites for hydroxylation is 1. The fourth-order valence-electron chi connectivity index (χ4n) is 3.78. The summed E-state index contributed by atoms with van der Waals surface area (Å²) >= 11 is 12.8. The van der Waals surface area contributed by atoms with E-state index in [2.05, 4.69) is 10.6 Å². The number of hydrogen-bond acceptors (Lipinski definition) is 4. The van der Waals surface area contributed by atoms with Gasteiger partial charge in [-0.1, -0.05) is 71.7 Å². The quantitative estimate of drug-likeness (QED) is 0.382. The SMILES string of the molecule is CNC(=O)[C@H](N[C@H](CCc1ccc(Cl)cc1)c1ccc(OC)c(OC)c1Cl)c1ccccc1. The molecule has 0 aliphatic rings. The van der Waals surface area contributed by atoms with E-state index in [-0.39, 0.29) is 11.9 Å². The molecule has 0 spiro atoms. The summed E-state index contributed by atoms with van der Waals surface area (Å²) in [5, 5.41) is 7.44. The molecule has 5 nitrogen and oxygen atoms in total. The van der Waals surface area contributed by atoms with Gasteiger partial charge in [0, 0.05) is 18.1 Å². The van der Waals surface area contributed by atoms with Crippen molar-refractivity contribution < 1.29 is 14.3 Å². The molecule has 0 fully saturated rings. The van der Waals surface area contributed by atoms with Crippen molar-refractivity contribution in [1.82, 2.24) is 10.6 Å². The molecule has 0 bridgehead atoms. The highest BCUT2D eigenvalue weighted by Crippen LogP contribution is 2.41. The summed E-state index contributed by atoms with van der Waals surface area (Å²) in [6.45, 7) is 0. The molecular weight excluding hydrogens is 459 g/mol. The van der Waals surface area contributed by atoms with Crippen LogP contribution in [0.25, 0.3) is 0 Å². The smallest absolute Gasteiger partial charge is 0.241 e. The third kappa shape index (κ3) is 6.20. The average Bonchev–Trinajstić information content (AvgIpc) is 2.85. The second-order valence-corrected chi connectivity index (χ2v) is 8.36. The molecule has 3 aromatic carbocycles. The Kier molecular flexibility index (Phi) is 9.01. The summed E-state index contributed by atoms with van der Waals surface area (Å²) in [4.78, 5) is 12.8. The first-order valence-corrected chi connectivity index (χ1v) is 11.4. The first-order valence-electron chi connectivity index (χ1n) is 10.7. The molecule has 0 saturated heterocycles. The van der Waals surface area contributed by atoms with E-state index in [0.29, 0.717) is 28.0 Å². The van der Waals surface area contributed by atoms with Gasteiger partial charge in [0.1, 0.15) is 6.04 Å². The van der Waals surface area contributed by atoms with Gasteiger partial charge >= 0.3 is 0 Å². The van der Waals surface area contributed by atoms with Gasteiger partial charge in [-0.15, -0.1) is 0 Å². The zero-order valence-electron chi connectivity index (χ0n) is 18.9. The van der Waals surface area contributed by atoms with Crippen LogP contribution in [0.5, 0.6) is 11.5 Å². The Morgan fingerprint density at radius 2 is 1.64 bits per heavy atom. The van der Waals surface area contributed by atoms with Crippen LogP contribution in [0.15, 0.2) is 66.7 Å². The summed E-state index contributed by atoms with van der Waals surface area (Å²) in [5.74, 6) is 0.883. The minimum absolute atomic E-state index is 0.130. The number of methoxy groups -OCH3 is 2. The molecule has 7 heteroatoms. The van der Waals surface area contributed by atoms with E-state index in [4.69, 9.17) is 32.7 Å². The van der Waals surface area contributed by atoms with Gasteiger partial charge in [-0.2, -0.15) is 0 Å². The summed E-state index contributed by atoms with van der Waals surface area (Å²) < 4.78 is 10.9. The maximum Gasteiger partial charge on any atom is 0.241 e. The highest BCUT2D eigenvalue weighted by Gasteiger charge is 2.27. The Morgan fingerprint density at radius 1 is 0.939 bits per heavy atom.